The molecule has 0 saturated carbocycles. The Morgan fingerprint density at radius 1 is 1.04 bits per heavy atom. The zero-order chi connectivity index (χ0) is 20.1. The van der Waals surface area contributed by atoms with Crippen LogP contribution in [0, 0.1) is 0 Å². The van der Waals surface area contributed by atoms with Gasteiger partial charge in [-0.3, -0.25) is 4.79 Å². The summed E-state index contributed by atoms with van der Waals surface area (Å²) in [5.74, 6) is 1.04. The number of hydrogen-bond acceptors (Lipinski definition) is 5. The van der Waals surface area contributed by atoms with Crippen LogP contribution in [0.3, 0.4) is 0 Å². The number of nitrogens with zero attached hydrogens (tertiary/aromatic N) is 2. The van der Waals surface area contributed by atoms with E-state index >= 15 is 0 Å². The molecular formula is C20H22N2O5S. The van der Waals surface area contributed by atoms with Crippen LogP contribution < -0.4 is 14.4 Å². The zero-order valence-corrected chi connectivity index (χ0v) is 16.8. The molecule has 2 aliphatic heterocycles. The number of methoxy groups -OCH3 is 2. The molecule has 2 heterocycles. The lowest BCUT2D eigenvalue weighted by Gasteiger charge is -2.23. The minimum Gasteiger partial charge on any atom is -0.497 e. The number of rotatable bonds is 4. The van der Waals surface area contributed by atoms with Gasteiger partial charge in [0.2, 0.25) is 15.9 Å². The molecule has 8 heteroatoms. The molecule has 7 nitrogen and oxygen atoms in total. The van der Waals surface area contributed by atoms with Crippen molar-refractivity contribution < 1.29 is 22.7 Å². The fourth-order valence-corrected chi connectivity index (χ4v) is 5.68. The maximum absolute atomic E-state index is 13.2. The fraction of sp³-hybridized carbons (Fsp3) is 0.350. The number of likely N-dealkylation sites (N-methyl/N-ethyl adjacent to an activating group) is 1. The van der Waals surface area contributed by atoms with E-state index in [1.165, 1.54) is 17.5 Å². The maximum Gasteiger partial charge on any atom is 0.243 e. The molecule has 2 aromatic rings. The predicted molar refractivity (Wildman–Crippen MR) is 104 cm³/mol. The van der Waals surface area contributed by atoms with E-state index in [0.717, 1.165) is 11.3 Å². The first-order valence-corrected chi connectivity index (χ1v) is 10.4. The topological polar surface area (TPSA) is 76.2 Å². The standard InChI is InChI=1S/C20H22N2O5S/c1-21-18-8-7-15(27-3)12-17(18)20(19(21)23)9-10-22(13-20)28(24,25)16-6-4-5-14(11-16)26-2/h4-8,11-12H,9-10,13H2,1-3H3. The summed E-state index contributed by atoms with van der Waals surface area (Å²) in [6.45, 7) is 0.381. The van der Waals surface area contributed by atoms with Crippen molar-refractivity contribution in [2.45, 2.75) is 16.7 Å². The number of fused-ring (bicyclic) bond motifs is 2. The molecule has 0 radical (unpaired) electrons. The molecule has 0 aliphatic carbocycles. The molecule has 2 aromatic carbocycles. The Hall–Kier alpha value is -2.58. The molecule has 1 spiro atoms. The smallest absolute Gasteiger partial charge is 0.243 e. The van der Waals surface area contributed by atoms with Gasteiger partial charge in [0.15, 0.2) is 0 Å². The van der Waals surface area contributed by atoms with Crippen molar-refractivity contribution in [2.75, 3.05) is 39.3 Å². The highest BCUT2D eigenvalue weighted by Gasteiger charge is 2.55. The van der Waals surface area contributed by atoms with Crippen LogP contribution in [0.5, 0.6) is 11.5 Å². The van der Waals surface area contributed by atoms with Gasteiger partial charge in [0, 0.05) is 31.9 Å². The van der Waals surface area contributed by atoms with Crippen molar-refractivity contribution in [1.29, 1.82) is 0 Å². The Morgan fingerprint density at radius 2 is 1.75 bits per heavy atom. The fourth-order valence-electron chi connectivity index (χ4n) is 4.15. The minimum atomic E-state index is -3.74. The summed E-state index contributed by atoms with van der Waals surface area (Å²) in [6, 6.07) is 11.9. The van der Waals surface area contributed by atoms with Gasteiger partial charge in [-0.15, -0.1) is 0 Å². The number of anilines is 1. The van der Waals surface area contributed by atoms with Crippen LogP contribution in [0.2, 0.25) is 0 Å². The lowest BCUT2D eigenvalue weighted by molar-refractivity contribution is -0.122. The molecule has 28 heavy (non-hydrogen) atoms. The van der Waals surface area contributed by atoms with E-state index in [4.69, 9.17) is 9.47 Å². The van der Waals surface area contributed by atoms with Crippen molar-refractivity contribution in [3.8, 4) is 11.5 Å². The molecule has 148 valence electrons. The zero-order valence-electron chi connectivity index (χ0n) is 16.0. The first kappa shape index (κ1) is 18.8. The van der Waals surface area contributed by atoms with E-state index in [9.17, 15) is 13.2 Å². The molecule has 1 amide bonds. The predicted octanol–water partition coefficient (Wildman–Crippen LogP) is 2.01. The second-order valence-corrected chi connectivity index (χ2v) is 9.03. The number of ether oxygens (including phenoxy) is 2. The largest absolute Gasteiger partial charge is 0.497 e. The highest BCUT2D eigenvalue weighted by Crippen LogP contribution is 2.48. The molecular weight excluding hydrogens is 380 g/mol. The van der Waals surface area contributed by atoms with Crippen LogP contribution in [0.25, 0.3) is 0 Å². The Labute approximate surface area is 164 Å². The van der Waals surface area contributed by atoms with Gasteiger partial charge in [-0.2, -0.15) is 4.31 Å². The van der Waals surface area contributed by atoms with Gasteiger partial charge >= 0.3 is 0 Å². The van der Waals surface area contributed by atoms with Gasteiger partial charge in [-0.1, -0.05) is 6.07 Å². The first-order chi connectivity index (χ1) is 13.3. The maximum atomic E-state index is 13.2. The summed E-state index contributed by atoms with van der Waals surface area (Å²) in [5.41, 5.74) is 0.735. The van der Waals surface area contributed by atoms with Gasteiger partial charge < -0.3 is 14.4 Å². The van der Waals surface area contributed by atoms with E-state index in [1.807, 2.05) is 12.1 Å². The Kier molecular flexibility index (Phi) is 4.35. The minimum absolute atomic E-state index is 0.0842. The molecule has 0 N–H and O–H groups in total. The highest BCUT2D eigenvalue weighted by atomic mass is 32.2. The monoisotopic (exact) mass is 402 g/mol. The number of carbonyl (C=O) groups excluding carboxylic acids is 1. The van der Waals surface area contributed by atoms with E-state index in [2.05, 4.69) is 0 Å². The van der Waals surface area contributed by atoms with Crippen LogP contribution in [0.4, 0.5) is 5.69 Å². The summed E-state index contributed by atoms with van der Waals surface area (Å²) in [5, 5.41) is 0. The van der Waals surface area contributed by atoms with E-state index in [-0.39, 0.29) is 23.9 Å². The Balaban J connectivity index is 1.73. The van der Waals surface area contributed by atoms with Crippen LogP contribution >= 0.6 is 0 Å². The van der Waals surface area contributed by atoms with Crippen molar-refractivity contribution in [2.24, 2.45) is 0 Å². The number of carbonyl (C=O) groups is 1. The van der Waals surface area contributed by atoms with Crippen molar-refractivity contribution >= 4 is 21.6 Å². The molecule has 2 aliphatic rings. The van der Waals surface area contributed by atoms with Crippen LogP contribution in [-0.4, -0.2) is 53.0 Å². The van der Waals surface area contributed by atoms with Crippen LogP contribution in [0.1, 0.15) is 12.0 Å². The van der Waals surface area contributed by atoms with Crippen molar-refractivity contribution in [1.82, 2.24) is 4.31 Å². The second kappa shape index (κ2) is 6.49. The third-order valence-electron chi connectivity index (χ3n) is 5.71. The number of sulfonamides is 1. The van der Waals surface area contributed by atoms with Crippen molar-refractivity contribution in [3.05, 3.63) is 48.0 Å². The molecule has 0 bridgehead atoms. The lowest BCUT2D eigenvalue weighted by atomic mass is 9.81. The van der Waals surface area contributed by atoms with E-state index < -0.39 is 15.4 Å². The van der Waals surface area contributed by atoms with Crippen LogP contribution in [-0.2, 0) is 20.2 Å². The van der Waals surface area contributed by atoms with Gasteiger partial charge in [-0.25, -0.2) is 8.42 Å². The second-order valence-electron chi connectivity index (χ2n) is 7.10. The molecule has 1 unspecified atom stereocenters. The summed E-state index contributed by atoms with van der Waals surface area (Å²) < 4.78 is 38.2. The normalized spacial score (nSPS) is 22.0. The third kappa shape index (κ3) is 2.59. The van der Waals surface area contributed by atoms with Gasteiger partial charge in [0.25, 0.3) is 0 Å². The summed E-state index contributed by atoms with van der Waals surface area (Å²) in [4.78, 5) is 14.9. The van der Waals surface area contributed by atoms with Gasteiger partial charge in [0.05, 0.1) is 24.5 Å². The Morgan fingerprint density at radius 3 is 2.46 bits per heavy atom. The van der Waals surface area contributed by atoms with Crippen LogP contribution in [0.15, 0.2) is 47.4 Å². The third-order valence-corrected chi connectivity index (χ3v) is 7.55. The lowest BCUT2D eigenvalue weighted by Crippen LogP contribution is -2.42. The number of benzene rings is 2. The molecule has 1 saturated heterocycles. The number of hydrogen-bond donors (Lipinski definition) is 0. The molecule has 1 atom stereocenters. The van der Waals surface area contributed by atoms with Gasteiger partial charge in [-0.05, 0) is 42.3 Å². The van der Waals surface area contributed by atoms with Gasteiger partial charge in [0.1, 0.15) is 11.5 Å². The summed E-state index contributed by atoms with van der Waals surface area (Å²) in [6.07, 6.45) is 0.430. The van der Waals surface area contributed by atoms with E-state index in [0.29, 0.717) is 17.9 Å². The SMILES string of the molecule is COc1cccc(S(=O)(=O)N2CCC3(C2)C(=O)N(C)c2ccc(OC)cc23)c1. The molecule has 0 aromatic heterocycles. The Bertz CT molecular complexity index is 1050. The number of amides is 1. The summed E-state index contributed by atoms with van der Waals surface area (Å²) in [7, 11) is 1.05. The average Bonchev–Trinajstić information content (AvgIpc) is 3.26. The first-order valence-electron chi connectivity index (χ1n) is 8.94. The summed E-state index contributed by atoms with van der Waals surface area (Å²) >= 11 is 0. The average molecular weight is 402 g/mol. The van der Waals surface area contributed by atoms with Crippen molar-refractivity contribution in [3.63, 3.8) is 0 Å². The van der Waals surface area contributed by atoms with E-state index in [1.54, 1.807) is 43.3 Å². The quantitative estimate of drug-likeness (QED) is 0.782. The molecule has 1 fully saturated rings. The molecule has 4 rings (SSSR count). The highest BCUT2D eigenvalue weighted by molar-refractivity contribution is 7.89.